The number of aromatic nitrogens is 3. The molecule has 3 rings (SSSR count). The predicted molar refractivity (Wildman–Crippen MR) is 89.9 cm³/mol. The van der Waals surface area contributed by atoms with Gasteiger partial charge in [0.2, 0.25) is 5.91 Å². The second-order valence-corrected chi connectivity index (χ2v) is 5.53. The number of benzene rings is 2. The number of aryl methyl sites for hydroxylation is 1. The van der Waals surface area contributed by atoms with Crippen LogP contribution in [0.3, 0.4) is 0 Å². The Balaban J connectivity index is 1.45. The molecular formula is C18H20N4O. The van der Waals surface area contributed by atoms with Crippen molar-refractivity contribution >= 4 is 16.7 Å². The van der Waals surface area contributed by atoms with Crippen molar-refractivity contribution in [2.24, 2.45) is 0 Å². The van der Waals surface area contributed by atoms with Crippen molar-refractivity contribution in [1.29, 1.82) is 0 Å². The van der Waals surface area contributed by atoms with E-state index in [1.54, 1.807) is 11.0 Å². The zero-order valence-electron chi connectivity index (χ0n) is 13.0. The Labute approximate surface area is 135 Å². The lowest BCUT2D eigenvalue weighted by atomic mass is 10.0. The monoisotopic (exact) mass is 308 g/mol. The summed E-state index contributed by atoms with van der Waals surface area (Å²) in [7, 11) is 0. The third-order valence-corrected chi connectivity index (χ3v) is 3.83. The normalized spacial score (nSPS) is 10.8. The standard InChI is InChI=1S/C18H20N4O/c23-18(20-10-3-4-11-22-14-19-13-21-22)12-16-8-5-7-15-6-1-2-9-17(15)16/h1-2,5-9,13-14H,3-4,10-12H2,(H,20,23). The molecule has 118 valence electrons. The SMILES string of the molecule is O=C(Cc1cccc2ccccc12)NCCCCn1cncn1. The van der Waals surface area contributed by atoms with E-state index in [0.717, 1.165) is 30.3 Å². The van der Waals surface area contributed by atoms with Gasteiger partial charge in [0.1, 0.15) is 12.7 Å². The van der Waals surface area contributed by atoms with Crippen molar-refractivity contribution in [3.05, 3.63) is 60.7 Å². The van der Waals surface area contributed by atoms with Crippen molar-refractivity contribution < 1.29 is 4.79 Å². The van der Waals surface area contributed by atoms with Gasteiger partial charge in [-0.3, -0.25) is 9.48 Å². The highest BCUT2D eigenvalue weighted by Gasteiger charge is 2.06. The number of nitrogens with zero attached hydrogens (tertiary/aromatic N) is 3. The van der Waals surface area contributed by atoms with Gasteiger partial charge in [-0.25, -0.2) is 4.98 Å². The van der Waals surface area contributed by atoms with Crippen molar-refractivity contribution in [2.75, 3.05) is 6.54 Å². The zero-order valence-corrected chi connectivity index (χ0v) is 13.0. The Morgan fingerprint density at radius 1 is 1.09 bits per heavy atom. The minimum absolute atomic E-state index is 0.0714. The second-order valence-electron chi connectivity index (χ2n) is 5.53. The molecule has 0 saturated heterocycles. The number of hydrogen-bond acceptors (Lipinski definition) is 3. The zero-order chi connectivity index (χ0) is 15.9. The summed E-state index contributed by atoms with van der Waals surface area (Å²) in [5.74, 6) is 0.0714. The molecule has 23 heavy (non-hydrogen) atoms. The van der Waals surface area contributed by atoms with Crippen molar-refractivity contribution in [2.45, 2.75) is 25.8 Å². The summed E-state index contributed by atoms with van der Waals surface area (Å²) < 4.78 is 1.80. The molecule has 1 aromatic heterocycles. The molecule has 0 radical (unpaired) electrons. The van der Waals surface area contributed by atoms with E-state index in [0.29, 0.717) is 13.0 Å². The first-order chi connectivity index (χ1) is 11.3. The van der Waals surface area contributed by atoms with Gasteiger partial charge < -0.3 is 5.32 Å². The molecule has 0 atom stereocenters. The smallest absolute Gasteiger partial charge is 0.224 e. The fraction of sp³-hybridized carbons (Fsp3) is 0.278. The van der Waals surface area contributed by atoms with Crippen molar-refractivity contribution in [3.8, 4) is 0 Å². The first kappa shape index (κ1) is 15.2. The Morgan fingerprint density at radius 2 is 1.96 bits per heavy atom. The summed E-state index contributed by atoms with van der Waals surface area (Å²) in [5.41, 5.74) is 1.07. The lowest BCUT2D eigenvalue weighted by molar-refractivity contribution is -0.120. The average molecular weight is 308 g/mol. The lowest BCUT2D eigenvalue weighted by Gasteiger charge is -2.08. The van der Waals surface area contributed by atoms with E-state index in [1.165, 1.54) is 11.7 Å². The fourth-order valence-electron chi connectivity index (χ4n) is 2.66. The minimum Gasteiger partial charge on any atom is -0.356 e. The van der Waals surface area contributed by atoms with Gasteiger partial charge in [-0.1, -0.05) is 42.5 Å². The summed E-state index contributed by atoms with van der Waals surface area (Å²) in [4.78, 5) is 16.0. The molecule has 0 saturated carbocycles. The van der Waals surface area contributed by atoms with Crippen LogP contribution in [0, 0.1) is 0 Å². The maximum absolute atomic E-state index is 12.1. The quantitative estimate of drug-likeness (QED) is 0.682. The van der Waals surface area contributed by atoms with Crippen LogP contribution in [0.4, 0.5) is 0 Å². The first-order valence-corrected chi connectivity index (χ1v) is 7.89. The molecule has 3 aromatic rings. The second kappa shape index (κ2) is 7.54. The van der Waals surface area contributed by atoms with Crippen LogP contribution >= 0.6 is 0 Å². The number of nitrogens with one attached hydrogen (secondary N) is 1. The van der Waals surface area contributed by atoms with Gasteiger partial charge in [0.25, 0.3) is 0 Å². The number of hydrogen-bond donors (Lipinski definition) is 1. The summed E-state index contributed by atoms with van der Waals surface area (Å²) in [5, 5.41) is 9.36. The summed E-state index contributed by atoms with van der Waals surface area (Å²) in [6.45, 7) is 1.53. The van der Waals surface area contributed by atoms with Crippen molar-refractivity contribution in [1.82, 2.24) is 20.1 Å². The highest BCUT2D eigenvalue weighted by atomic mass is 16.1. The summed E-state index contributed by atoms with van der Waals surface area (Å²) in [6.07, 6.45) is 5.56. The molecule has 0 bridgehead atoms. The molecular weight excluding hydrogens is 288 g/mol. The van der Waals surface area contributed by atoms with Gasteiger partial charge >= 0.3 is 0 Å². The minimum atomic E-state index is 0.0714. The maximum Gasteiger partial charge on any atom is 0.224 e. The maximum atomic E-state index is 12.1. The Kier molecular flexibility index (Phi) is 4.99. The number of carbonyl (C=O) groups excluding carboxylic acids is 1. The van der Waals surface area contributed by atoms with Gasteiger partial charge in [-0.15, -0.1) is 0 Å². The van der Waals surface area contributed by atoms with E-state index in [-0.39, 0.29) is 5.91 Å². The highest BCUT2D eigenvalue weighted by molar-refractivity contribution is 5.90. The van der Waals surface area contributed by atoms with Crippen molar-refractivity contribution in [3.63, 3.8) is 0 Å². The van der Waals surface area contributed by atoms with Crippen LogP contribution in [0.15, 0.2) is 55.1 Å². The summed E-state index contributed by atoms with van der Waals surface area (Å²) >= 11 is 0. The molecule has 0 aliphatic heterocycles. The van der Waals surface area contributed by atoms with Gasteiger partial charge in [-0.2, -0.15) is 5.10 Å². The molecule has 1 amide bonds. The molecule has 1 N–H and O–H groups in total. The van der Waals surface area contributed by atoms with Gasteiger partial charge in [0.05, 0.1) is 6.42 Å². The van der Waals surface area contributed by atoms with E-state index in [4.69, 9.17) is 0 Å². The van der Waals surface area contributed by atoms with Gasteiger partial charge in [0, 0.05) is 13.1 Å². The molecule has 0 fully saturated rings. The Bertz CT molecular complexity index is 762. The number of amides is 1. The molecule has 5 nitrogen and oxygen atoms in total. The third kappa shape index (κ3) is 4.16. The Morgan fingerprint density at radius 3 is 2.83 bits per heavy atom. The molecule has 1 heterocycles. The van der Waals surface area contributed by atoms with Crippen LogP contribution in [-0.2, 0) is 17.8 Å². The highest BCUT2D eigenvalue weighted by Crippen LogP contribution is 2.18. The number of unbranched alkanes of at least 4 members (excludes halogenated alkanes) is 1. The number of carbonyl (C=O) groups is 1. The van der Waals surface area contributed by atoms with Crippen LogP contribution in [0.1, 0.15) is 18.4 Å². The Hall–Kier alpha value is -2.69. The molecule has 2 aromatic carbocycles. The van der Waals surface area contributed by atoms with E-state index in [9.17, 15) is 4.79 Å². The molecule has 5 heteroatoms. The first-order valence-electron chi connectivity index (χ1n) is 7.89. The van der Waals surface area contributed by atoms with Crippen LogP contribution in [0.25, 0.3) is 10.8 Å². The predicted octanol–water partition coefficient (Wildman–Crippen LogP) is 2.57. The van der Waals surface area contributed by atoms with Crippen LogP contribution in [0.2, 0.25) is 0 Å². The van der Waals surface area contributed by atoms with Crippen LogP contribution in [-0.4, -0.2) is 27.2 Å². The average Bonchev–Trinajstić information content (AvgIpc) is 3.08. The molecule has 0 aliphatic carbocycles. The van der Waals surface area contributed by atoms with Gasteiger partial charge in [0.15, 0.2) is 0 Å². The van der Waals surface area contributed by atoms with Crippen LogP contribution in [0.5, 0.6) is 0 Å². The van der Waals surface area contributed by atoms with Gasteiger partial charge in [-0.05, 0) is 29.2 Å². The van der Waals surface area contributed by atoms with Crippen LogP contribution < -0.4 is 5.32 Å². The molecule has 0 spiro atoms. The topological polar surface area (TPSA) is 59.8 Å². The van der Waals surface area contributed by atoms with E-state index >= 15 is 0 Å². The van der Waals surface area contributed by atoms with E-state index in [2.05, 4.69) is 33.6 Å². The van der Waals surface area contributed by atoms with E-state index in [1.807, 2.05) is 24.3 Å². The molecule has 0 unspecified atom stereocenters. The largest absolute Gasteiger partial charge is 0.356 e. The number of rotatable bonds is 7. The lowest BCUT2D eigenvalue weighted by Crippen LogP contribution is -2.26. The fourth-order valence-corrected chi connectivity index (χ4v) is 2.66. The number of fused-ring (bicyclic) bond motifs is 1. The van der Waals surface area contributed by atoms with E-state index < -0.39 is 0 Å². The molecule has 0 aliphatic rings. The summed E-state index contributed by atoms with van der Waals surface area (Å²) in [6, 6.07) is 14.3. The third-order valence-electron chi connectivity index (χ3n) is 3.83.